The molecule has 3 aliphatic rings. The van der Waals surface area contributed by atoms with Crippen molar-refractivity contribution in [2.75, 3.05) is 5.75 Å². The zero-order chi connectivity index (χ0) is 23.0. The number of aliphatic hydroxyl groups excluding tert-OH is 1. The molecule has 0 bridgehead atoms. The third-order valence-electron chi connectivity index (χ3n) is 8.58. The molecule has 1 nitrogen and oxygen atoms in total. The number of halogens is 2. The van der Waals surface area contributed by atoms with Crippen molar-refractivity contribution < 1.29 is 5.11 Å². The maximum atomic E-state index is 9.85. The van der Waals surface area contributed by atoms with Gasteiger partial charge in [-0.25, -0.2) is 0 Å². The van der Waals surface area contributed by atoms with Crippen LogP contribution in [0.4, 0.5) is 0 Å². The average molecular weight is 486 g/mol. The van der Waals surface area contributed by atoms with E-state index in [4.69, 9.17) is 23.2 Å². The van der Waals surface area contributed by atoms with Gasteiger partial charge in [-0.05, 0) is 104 Å². The first-order valence-electron chi connectivity index (χ1n) is 12.2. The van der Waals surface area contributed by atoms with Crippen LogP contribution in [0.3, 0.4) is 0 Å². The van der Waals surface area contributed by atoms with E-state index in [-0.39, 0.29) is 0 Å². The molecule has 3 saturated carbocycles. The summed E-state index contributed by atoms with van der Waals surface area (Å²) < 4.78 is -1.12. The van der Waals surface area contributed by atoms with Crippen molar-refractivity contribution in [2.45, 2.75) is 89.3 Å². The Bertz CT molecular complexity index is 725. The maximum Gasteiger partial charge on any atom is 0.188 e. The molecule has 0 radical (unpaired) electrons. The second-order valence-electron chi connectivity index (χ2n) is 11.0. The predicted molar refractivity (Wildman–Crippen MR) is 139 cm³/mol. The molecule has 0 saturated heterocycles. The maximum absolute atomic E-state index is 9.85. The van der Waals surface area contributed by atoms with Crippen LogP contribution in [0.15, 0.2) is 35.5 Å². The summed E-state index contributed by atoms with van der Waals surface area (Å²) in [5.74, 6) is 4.17. The number of fused-ring (bicyclic) bond motifs is 1. The van der Waals surface area contributed by atoms with Crippen LogP contribution in [0.25, 0.3) is 0 Å². The predicted octanol–water partition coefficient (Wildman–Crippen LogP) is 8.56. The number of rotatable bonds is 6. The highest BCUT2D eigenvalue weighted by atomic mass is 35.5. The molecule has 31 heavy (non-hydrogen) atoms. The molecule has 3 rings (SSSR count). The fourth-order valence-electron chi connectivity index (χ4n) is 6.73. The van der Waals surface area contributed by atoms with Crippen LogP contribution in [0.2, 0.25) is 0 Å². The second kappa shape index (κ2) is 10.2. The van der Waals surface area contributed by atoms with Gasteiger partial charge in [0.2, 0.25) is 0 Å². The molecule has 0 aliphatic heterocycles. The molecule has 3 fully saturated rings. The van der Waals surface area contributed by atoms with Gasteiger partial charge in [0, 0.05) is 0 Å². The molecule has 0 aromatic carbocycles. The fourth-order valence-corrected chi connectivity index (χ4v) is 8.07. The van der Waals surface area contributed by atoms with Crippen LogP contribution in [-0.4, -0.2) is 20.6 Å². The Balaban J connectivity index is 1.73. The molecule has 0 aromatic rings. The van der Waals surface area contributed by atoms with E-state index in [9.17, 15) is 5.11 Å². The first-order chi connectivity index (χ1) is 14.5. The lowest BCUT2D eigenvalue weighted by Gasteiger charge is -2.44. The minimum atomic E-state index is -1.12. The second-order valence-corrected chi connectivity index (χ2v) is 14.1. The first kappa shape index (κ1) is 25.7. The van der Waals surface area contributed by atoms with Crippen LogP contribution < -0.4 is 0 Å². The molecule has 0 amide bonds. The van der Waals surface area contributed by atoms with E-state index in [1.807, 2.05) is 0 Å². The van der Waals surface area contributed by atoms with Gasteiger partial charge >= 0.3 is 0 Å². The Morgan fingerprint density at radius 2 is 1.97 bits per heavy atom. The van der Waals surface area contributed by atoms with Gasteiger partial charge < -0.3 is 5.11 Å². The number of aliphatic hydroxyl groups is 1. The lowest BCUT2D eigenvalue weighted by molar-refractivity contribution is 0.105. The van der Waals surface area contributed by atoms with Crippen molar-refractivity contribution in [3.63, 3.8) is 0 Å². The van der Waals surface area contributed by atoms with Gasteiger partial charge in [-0.1, -0.05) is 75.2 Å². The van der Waals surface area contributed by atoms with Gasteiger partial charge in [0.1, 0.15) is 0 Å². The van der Waals surface area contributed by atoms with E-state index >= 15 is 0 Å². The van der Waals surface area contributed by atoms with Crippen LogP contribution in [0, 0.1) is 35.0 Å². The van der Waals surface area contributed by atoms with Crippen molar-refractivity contribution in [1.29, 1.82) is 0 Å². The van der Waals surface area contributed by atoms with Gasteiger partial charge in [-0.15, -0.1) is 11.8 Å². The number of allylic oxidation sites excluding steroid dienone is 5. The summed E-state index contributed by atoms with van der Waals surface area (Å²) in [6, 6.07) is 0. The van der Waals surface area contributed by atoms with Crippen molar-refractivity contribution in [3.05, 3.63) is 35.5 Å². The largest absolute Gasteiger partial charge is 0.389 e. The molecule has 4 heteroatoms. The van der Waals surface area contributed by atoms with Crippen molar-refractivity contribution in [2.24, 2.45) is 35.0 Å². The van der Waals surface area contributed by atoms with E-state index in [0.29, 0.717) is 29.1 Å². The summed E-state index contributed by atoms with van der Waals surface area (Å²) in [6.45, 7) is 15.7. The number of hydrogen-bond donors (Lipinski definition) is 1. The Morgan fingerprint density at radius 1 is 1.26 bits per heavy atom. The quantitative estimate of drug-likeness (QED) is 0.380. The lowest BCUT2D eigenvalue weighted by Crippen LogP contribution is -2.37. The molecule has 0 spiro atoms. The van der Waals surface area contributed by atoms with Crippen molar-refractivity contribution in [1.82, 2.24) is 0 Å². The Labute approximate surface area is 205 Å². The zero-order valence-electron chi connectivity index (χ0n) is 20.1. The van der Waals surface area contributed by atoms with Crippen LogP contribution in [0.5, 0.6) is 0 Å². The normalized spacial score (nSPS) is 39.0. The van der Waals surface area contributed by atoms with Gasteiger partial charge in [-0.3, -0.25) is 0 Å². The standard InChI is InChI=1S/C27H42Cl2OS/c1-17-14-18(2)20(4)23(15-17)10-9-22-8-7-13-26(6)24(11-12-25(22)26)19(3)16-31-27(28,29)21(5)30/h9-10,17-19,21,24-25,30H,4,7-8,11-16H2,1-3,5-6H3/b22-9+,23-10-/t17-,18-,19-,21?,24?,25?,26+/m0/s1. The van der Waals surface area contributed by atoms with E-state index < -0.39 is 9.77 Å². The topological polar surface area (TPSA) is 20.2 Å². The van der Waals surface area contributed by atoms with Gasteiger partial charge in [0.05, 0.1) is 6.10 Å². The molecule has 3 aliphatic carbocycles. The summed E-state index contributed by atoms with van der Waals surface area (Å²) >= 11 is 14.1. The molecule has 1 N–H and O–H groups in total. The van der Waals surface area contributed by atoms with Crippen molar-refractivity contribution >= 4 is 35.0 Å². The third kappa shape index (κ3) is 5.61. The molecular formula is C27H42Cl2OS. The number of alkyl halides is 2. The summed E-state index contributed by atoms with van der Waals surface area (Å²) in [5.41, 5.74) is 4.85. The van der Waals surface area contributed by atoms with Crippen LogP contribution >= 0.6 is 35.0 Å². The van der Waals surface area contributed by atoms with Gasteiger partial charge in [0.25, 0.3) is 0 Å². The molecular weight excluding hydrogens is 443 g/mol. The highest BCUT2D eigenvalue weighted by molar-refractivity contribution is 8.03. The summed E-state index contributed by atoms with van der Waals surface area (Å²) in [4.78, 5) is 0. The summed E-state index contributed by atoms with van der Waals surface area (Å²) in [6.07, 6.45) is 13.0. The van der Waals surface area contributed by atoms with Crippen LogP contribution in [0.1, 0.15) is 79.6 Å². The highest BCUT2D eigenvalue weighted by Crippen LogP contribution is 2.60. The molecule has 0 aromatic heterocycles. The summed E-state index contributed by atoms with van der Waals surface area (Å²) in [5, 5.41) is 9.85. The van der Waals surface area contributed by atoms with Gasteiger partial charge in [-0.2, -0.15) is 0 Å². The molecule has 176 valence electrons. The summed E-state index contributed by atoms with van der Waals surface area (Å²) in [7, 11) is 0. The minimum absolute atomic E-state index is 0.360. The van der Waals surface area contributed by atoms with E-state index in [1.54, 1.807) is 12.5 Å². The highest BCUT2D eigenvalue weighted by Gasteiger charge is 2.50. The Kier molecular flexibility index (Phi) is 8.43. The number of hydrogen-bond acceptors (Lipinski definition) is 2. The molecule has 0 heterocycles. The Hall–Kier alpha value is 0.110. The van der Waals surface area contributed by atoms with E-state index in [1.165, 1.54) is 67.9 Å². The monoisotopic (exact) mass is 484 g/mol. The smallest absolute Gasteiger partial charge is 0.188 e. The Morgan fingerprint density at radius 3 is 2.65 bits per heavy atom. The number of thioether (sulfide) groups is 1. The minimum Gasteiger partial charge on any atom is -0.389 e. The fraction of sp³-hybridized carbons (Fsp3) is 0.778. The van der Waals surface area contributed by atoms with Crippen LogP contribution in [-0.2, 0) is 0 Å². The third-order valence-corrected chi connectivity index (χ3v) is 11.3. The molecule has 3 unspecified atom stereocenters. The first-order valence-corrected chi connectivity index (χ1v) is 14.0. The lowest BCUT2D eigenvalue weighted by atomic mass is 9.61. The van der Waals surface area contributed by atoms with Crippen molar-refractivity contribution in [3.8, 4) is 0 Å². The van der Waals surface area contributed by atoms with Gasteiger partial charge in [0.15, 0.2) is 3.67 Å². The average Bonchev–Trinajstić information content (AvgIpc) is 3.05. The molecule has 7 atom stereocenters. The zero-order valence-corrected chi connectivity index (χ0v) is 22.4. The SMILES string of the molecule is C=C1/C(=C\C=C2/CCC[C@@]3(C)C2CCC3[C@@H](C)CSC(Cl)(Cl)C(C)O)C[C@@H](C)C[C@@H]1C. The van der Waals surface area contributed by atoms with E-state index in [2.05, 4.69) is 46.4 Å². The van der Waals surface area contributed by atoms with E-state index in [0.717, 1.165) is 11.7 Å².